The maximum atomic E-state index is 10.7. The summed E-state index contributed by atoms with van der Waals surface area (Å²) >= 11 is 0. The Balaban J connectivity index is 2.07. The number of nitrogens with one attached hydrogen (secondary N) is 1. The lowest BCUT2D eigenvalue weighted by Gasteiger charge is -2.05. The number of nitrogens with zero attached hydrogens (tertiary/aromatic N) is 1. The molecule has 2 rings (SSSR count). The Bertz CT molecular complexity index is 516. The van der Waals surface area contributed by atoms with Crippen LogP contribution in [0.1, 0.15) is 11.5 Å². The van der Waals surface area contributed by atoms with Crippen molar-refractivity contribution in [3.63, 3.8) is 0 Å². The van der Waals surface area contributed by atoms with E-state index >= 15 is 0 Å². The van der Waals surface area contributed by atoms with Crippen LogP contribution in [0.25, 0.3) is 0 Å². The molecule has 5 heteroatoms. The van der Waals surface area contributed by atoms with Gasteiger partial charge in [0.25, 0.3) is 0 Å². The Morgan fingerprint density at radius 2 is 2.19 bits per heavy atom. The third kappa shape index (κ3) is 2.31. The van der Waals surface area contributed by atoms with Gasteiger partial charge in [0, 0.05) is 6.42 Å². The summed E-state index contributed by atoms with van der Waals surface area (Å²) in [6.45, 7) is 0. The molecule has 0 saturated carbocycles. The van der Waals surface area contributed by atoms with Crippen molar-refractivity contribution in [2.75, 3.05) is 7.11 Å². The maximum Gasteiger partial charge on any atom is 0.434 e. The van der Waals surface area contributed by atoms with Crippen LogP contribution < -0.4 is 10.5 Å². The van der Waals surface area contributed by atoms with Gasteiger partial charge in [-0.15, -0.1) is 5.10 Å². The Morgan fingerprint density at radius 3 is 2.88 bits per heavy atom. The van der Waals surface area contributed by atoms with Crippen LogP contribution >= 0.6 is 0 Å². The summed E-state index contributed by atoms with van der Waals surface area (Å²) in [4.78, 5) is 10.7. The highest BCUT2D eigenvalue weighted by Gasteiger charge is 2.05. The molecule has 0 bridgehead atoms. The third-order valence-electron chi connectivity index (χ3n) is 2.28. The molecule has 2 aromatic rings. The largest absolute Gasteiger partial charge is 0.496 e. The van der Waals surface area contributed by atoms with Gasteiger partial charge >= 0.3 is 5.76 Å². The van der Waals surface area contributed by atoms with E-state index in [1.165, 1.54) is 0 Å². The molecule has 0 amide bonds. The van der Waals surface area contributed by atoms with E-state index in [2.05, 4.69) is 10.2 Å². The van der Waals surface area contributed by atoms with Crippen molar-refractivity contribution in [1.29, 1.82) is 0 Å². The van der Waals surface area contributed by atoms with E-state index in [-0.39, 0.29) is 0 Å². The number of hydrogen-bond acceptors (Lipinski definition) is 4. The molecule has 1 heterocycles. The zero-order valence-corrected chi connectivity index (χ0v) is 8.90. The number of hydrogen-bond donors (Lipinski definition) is 1. The van der Waals surface area contributed by atoms with Gasteiger partial charge in [0.15, 0.2) is 0 Å². The van der Waals surface area contributed by atoms with Crippen molar-refractivity contribution in [2.45, 2.75) is 12.8 Å². The molecule has 0 aliphatic heterocycles. The van der Waals surface area contributed by atoms with E-state index in [0.717, 1.165) is 17.7 Å². The van der Waals surface area contributed by atoms with Gasteiger partial charge in [-0.2, -0.15) is 0 Å². The summed E-state index contributed by atoms with van der Waals surface area (Å²) in [5, 5.41) is 5.97. The van der Waals surface area contributed by atoms with Crippen molar-refractivity contribution in [3.8, 4) is 5.75 Å². The van der Waals surface area contributed by atoms with E-state index in [9.17, 15) is 4.79 Å². The molecular formula is C11H12N2O3. The first-order valence-corrected chi connectivity index (χ1v) is 4.96. The summed E-state index contributed by atoms with van der Waals surface area (Å²) < 4.78 is 10.0. The quantitative estimate of drug-likeness (QED) is 0.839. The molecule has 0 radical (unpaired) electrons. The molecule has 5 nitrogen and oxygen atoms in total. The third-order valence-corrected chi connectivity index (χ3v) is 2.28. The minimum Gasteiger partial charge on any atom is -0.496 e. The lowest BCUT2D eigenvalue weighted by Crippen LogP contribution is -1.95. The highest BCUT2D eigenvalue weighted by atomic mass is 16.5. The van der Waals surface area contributed by atoms with Crippen molar-refractivity contribution in [1.82, 2.24) is 10.2 Å². The lowest BCUT2D eigenvalue weighted by atomic mass is 10.1. The second kappa shape index (κ2) is 4.65. The SMILES string of the molecule is COc1ccccc1CCc1n[nH]c(=O)o1. The van der Waals surface area contributed by atoms with Crippen LogP contribution in [0.5, 0.6) is 5.75 Å². The maximum absolute atomic E-state index is 10.7. The summed E-state index contributed by atoms with van der Waals surface area (Å²) in [7, 11) is 1.63. The smallest absolute Gasteiger partial charge is 0.434 e. The van der Waals surface area contributed by atoms with E-state index in [1.807, 2.05) is 24.3 Å². The minimum atomic E-state index is -0.518. The first-order valence-electron chi connectivity index (χ1n) is 4.96. The molecule has 0 fully saturated rings. The standard InChI is InChI=1S/C11H12N2O3/c1-15-9-5-3-2-4-8(9)6-7-10-12-13-11(14)16-10/h2-5H,6-7H2,1H3,(H,13,14). The Morgan fingerprint density at radius 1 is 1.38 bits per heavy atom. The topological polar surface area (TPSA) is 68.1 Å². The number of methoxy groups -OCH3 is 1. The zero-order chi connectivity index (χ0) is 11.4. The number of ether oxygens (including phenoxy) is 1. The number of H-pyrrole nitrogens is 1. The fourth-order valence-corrected chi connectivity index (χ4v) is 1.52. The molecule has 1 N–H and O–H groups in total. The minimum absolute atomic E-state index is 0.413. The average Bonchev–Trinajstić information content (AvgIpc) is 2.73. The fraction of sp³-hybridized carbons (Fsp3) is 0.273. The van der Waals surface area contributed by atoms with Crippen LogP contribution in [0.4, 0.5) is 0 Å². The normalized spacial score (nSPS) is 10.3. The van der Waals surface area contributed by atoms with Gasteiger partial charge in [0.05, 0.1) is 7.11 Å². The van der Waals surface area contributed by atoms with Gasteiger partial charge < -0.3 is 9.15 Å². The predicted molar refractivity (Wildman–Crippen MR) is 57.5 cm³/mol. The summed E-state index contributed by atoms with van der Waals surface area (Å²) in [5.41, 5.74) is 1.07. The first-order chi connectivity index (χ1) is 7.79. The molecule has 0 spiro atoms. The van der Waals surface area contributed by atoms with Gasteiger partial charge in [-0.05, 0) is 18.1 Å². The Hall–Kier alpha value is -2.04. The zero-order valence-electron chi connectivity index (χ0n) is 8.90. The number of aromatic nitrogens is 2. The van der Waals surface area contributed by atoms with E-state index in [4.69, 9.17) is 9.15 Å². The second-order valence-electron chi connectivity index (χ2n) is 3.32. The fourth-order valence-electron chi connectivity index (χ4n) is 1.52. The number of aryl methyl sites for hydroxylation is 2. The first kappa shape index (κ1) is 10.5. The Kier molecular flexibility index (Phi) is 3.05. The second-order valence-corrected chi connectivity index (χ2v) is 3.32. The molecule has 1 aromatic carbocycles. The molecule has 0 aliphatic rings. The lowest BCUT2D eigenvalue weighted by molar-refractivity contribution is 0.407. The molecule has 0 unspecified atom stereocenters. The highest BCUT2D eigenvalue weighted by Crippen LogP contribution is 2.18. The predicted octanol–water partition coefficient (Wildman–Crippen LogP) is 1.16. The van der Waals surface area contributed by atoms with Gasteiger partial charge in [0.2, 0.25) is 5.89 Å². The number of rotatable bonds is 4. The Labute approximate surface area is 92.1 Å². The van der Waals surface area contributed by atoms with Crippen LogP contribution in [0.15, 0.2) is 33.5 Å². The number of para-hydroxylation sites is 1. The number of benzene rings is 1. The van der Waals surface area contributed by atoms with Gasteiger partial charge in [0.1, 0.15) is 5.75 Å². The average molecular weight is 220 g/mol. The molecule has 0 saturated heterocycles. The van der Waals surface area contributed by atoms with Crippen molar-refractivity contribution in [2.24, 2.45) is 0 Å². The van der Waals surface area contributed by atoms with Crippen LogP contribution in [0.2, 0.25) is 0 Å². The van der Waals surface area contributed by atoms with E-state index < -0.39 is 5.76 Å². The highest BCUT2D eigenvalue weighted by molar-refractivity contribution is 5.33. The van der Waals surface area contributed by atoms with Gasteiger partial charge in [-0.25, -0.2) is 9.89 Å². The van der Waals surface area contributed by atoms with Crippen LogP contribution in [0, 0.1) is 0 Å². The van der Waals surface area contributed by atoms with Crippen molar-refractivity contribution < 1.29 is 9.15 Å². The molecule has 1 aromatic heterocycles. The molecule has 84 valence electrons. The van der Waals surface area contributed by atoms with Crippen molar-refractivity contribution in [3.05, 3.63) is 46.3 Å². The molecule has 16 heavy (non-hydrogen) atoms. The molecular weight excluding hydrogens is 208 g/mol. The summed E-state index contributed by atoms with van der Waals surface area (Å²) in [5.74, 6) is 0.728. The van der Waals surface area contributed by atoms with Crippen molar-refractivity contribution >= 4 is 0 Å². The van der Waals surface area contributed by atoms with Gasteiger partial charge in [-0.3, -0.25) is 0 Å². The van der Waals surface area contributed by atoms with Crippen LogP contribution in [-0.4, -0.2) is 17.3 Å². The van der Waals surface area contributed by atoms with E-state index in [1.54, 1.807) is 7.11 Å². The summed E-state index contributed by atoms with van der Waals surface area (Å²) in [6.07, 6.45) is 1.29. The monoisotopic (exact) mass is 220 g/mol. The number of aromatic amines is 1. The van der Waals surface area contributed by atoms with Crippen LogP contribution in [-0.2, 0) is 12.8 Å². The molecule has 0 atom stereocenters. The van der Waals surface area contributed by atoms with Gasteiger partial charge in [-0.1, -0.05) is 18.2 Å². The summed E-state index contributed by atoms with van der Waals surface area (Å²) in [6, 6.07) is 7.73. The molecule has 0 aliphatic carbocycles. The van der Waals surface area contributed by atoms with Crippen LogP contribution in [0.3, 0.4) is 0 Å². The van der Waals surface area contributed by atoms with E-state index in [0.29, 0.717) is 12.3 Å².